The van der Waals surface area contributed by atoms with Crippen molar-refractivity contribution in [2.75, 3.05) is 5.32 Å². The minimum absolute atomic E-state index is 0.163. The second-order valence-corrected chi connectivity index (χ2v) is 5.31. The molecular formula is C10H17NS. The number of hydrogen-bond acceptors (Lipinski definition) is 2. The Morgan fingerprint density at radius 3 is 2.17 bits per heavy atom. The lowest BCUT2D eigenvalue weighted by molar-refractivity contribution is 0.633. The van der Waals surface area contributed by atoms with Crippen molar-refractivity contribution < 1.29 is 0 Å². The molecular weight excluding hydrogens is 166 g/mol. The molecule has 1 N–H and O–H groups in total. The summed E-state index contributed by atoms with van der Waals surface area (Å²) >= 11 is 1.81. The molecule has 1 nitrogen and oxygen atoms in total. The van der Waals surface area contributed by atoms with E-state index in [-0.39, 0.29) is 5.54 Å². The van der Waals surface area contributed by atoms with Crippen LogP contribution in [0.3, 0.4) is 0 Å². The minimum Gasteiger partial charge on any atom is -0.379 e. The number of hydrogen-bond donors (Lipinski definition) is 1. The Balaban J connectivity index is 2.88. The van der Waals surface area contributed by atoms with Crippen LogP contribution >= 0.6 is 11.3 Å². The van der Waals surface area contributed by atoms with E-state index in [4.69, 9.17) is 0 Å². The maximum Gasteiger partial charge on any atom is 0.0512 e. The molecule has 0 atom stereocenters. The average molecular weight is 183 g/mol. The van der Waals surface area contributed by atoms with Crippen LogP contribution in [0, 0.1) is 13.8 Å². The van der Waals surface area contributed by atoms with Crippen LogP contribution in [0.2, 0.25) is 0 Å². The topological polar surface area (TPSA) is 12.0 Å². The third kappa shape index (κ3) is 2.24. The van der Waals surface area contributed by atoms with Gasteiger partial charge in [0.1, 0.15) is 0 Å². The molecule has 1 heterocycles. The lowest BCUT2D eigenvalue weighted by atomic mass is 10.1. The van der Waals surface area contributed by atoms with E-state index in [2.05, 4.69) is 45.3 Å². The molecule has 0 radical (unpaired) electrons. The quantitative estimate of drug-likeness (QED) is 0.701. The first-order valence-corrected chi connectivity index (χ1v) is 5.11. The van der Waals surface area contributed by atoms with Gasteiger partial charge in [0.15, 0.2) is 0 Å². The van der Waals surface area contributed by atoms with Crippen molar-refractivity contribution in [2.24, 2.45) is 0 Å². The molecule has 68 valence electrons. The summed E-state index contributed by atoms with van der Waals surface area (Å²) in [6, 6.07) is 0. The second kappa shape index (κ2) is 3.09. The van der Waals surface area contributed by atoms with Crippen LogP contribution in [-0.4, -0.2) is 5.54 Å². The van der Waals surface area contributed by atoms with Crippen molar-refractivity contribution >= 4 is 17.0 Å². The van der Waals surface area contributed by atoms with Crippen molar-refractivity contribution in [1.82, 2.24) is 0 Å². The number of aryl methyl sites for hydroxylation is 2. The summed E-state index contributed by atoms with van der Waals surface area (Å²) in [7, 11) is 0. The van der Waals surface area contributed by atoms with Crippen molar-refractivity contribution in [3.8, 4) is 0 Å². The fourth-order valence-electron chi connectivity index (χ4n) is 1.13. The van der Waals surface area contributed by atoms with Crippen molar-refractivity contribution in [3.05, 3.63) is 15.8 Å². The number of thiophene rings is 1. The zero-order valence-corrected chi connectivity index (χ0v) is 9.30. The summed E-state index contributed by atoms with van der Waals surface area (Å²) in [6.07, 6.45) is 0. The van der Waals surface area contributed by atoms with E-state index >= 15 is 0 Å². The van der Waals surface area contributed by atoms with Crippen molar-refractivity contribution in [1.29, 1.82) is 0 Å². The minimum atomic E-state index is 0.163. The summed E-state index contributed by atoms with van der Waals surface area (Å²) in [4.78, 5) is 1.38. The first kappa shape index (κ1) is 9.59. The van der Waals surface area contributed by atoms with Gasteiger partial charge in [-0.1, -0.05) is 0 Å². The van der Waals surface area contributed by atoms with Crippen LogP contribution in [0.5, 0.6) is 0 Å². The number of rotatable bonds is 1. The van der Waals surface area contributed by atoms with E-state index in [1.165, 1.54) is 16.1 Å². The summed E-state index contributed by atoms with van der Waals surface area (Å²) < 4.78 is 0. The summed E-state index contributed by atoms with van der Waals surface area (Å²) in [5.74, 6) is 0. The zero-order chi connectivity index (χ0) is 9.35. The van der Waals surface area contributed by atoms with Gasteiger partial charge >= 0.3 is 0 Å². The number of anilines is 1. The number of nitrogens with one attached hydrogen (secondary N) is 1. The third-order valence-electron chi connectivity index (χ3n) is 1.66. The second-order valence-electron chi connectivity index (χ2n) is 4.22. The van der Waals surface area contributed by atoms with Gasteiger partial charge in [0, 0.05) is 10.4 Å². The molecule has 2 heteroatoms. The molecule has 1 rings (SSSR count). The first-order chi connectivity index (χ1) is 5.40. The molecule has 0 amide bonds. The predicted octanol–water partition coefficient (Wildman–Crippen LogP) is 3.58. The highest BCUT2D eigenvalue weighted by atomic mass is 32.1. The Kier molecular flexibility index (Phi) is 2.47. The van der Waals surface area contributed by atoms with Gasteiger partial charge < -0.3 is 5.32 Å². The predicted molar refractivity (Wildman–Crippen MR) is 57.2 cm³/mol. The summed E-state index contributed by atoms with van der Waals surface area (Å²) in [6.45, 7) is 10.9. The van der Waals surface area contributed by atoms with Gasteiger partial charge in [0.05, 0.1) is 5.69 Å². The van der Waals surface area contributed by atoms with Gasteiger partial charge in [-0.3, -0.25) is 0 Å². The third-order valence-corrected chi connectivity index (χ3v) is 2.69. The zero-order valence-electron chi connectivity index (χ0n) is 8.49. The van der Waals surface area contributed by atoms with Crippen LogP contribution in [0.15, 0.2) is 5.38 Å². The summed E-state index contributed by atoms with van der Waals surface area (Å²) in [5.41, 5.74) is 2.83. The van der Waals surface area contributed by atoms with E-state index < -0.39 is 0 Å². The molecule has 0 aliphatic heterocycles. The SMILES string of the molecule is Cc1csc(C)c1NC(C)(C)C. The Hall–Kier alpha value is -0.500. The lowest BCUT2D eigenvalue weighted by Crippen LogP contribution is -2.26. The van der Waals surface area contributed by atoms with Gasteiger partial charge in [-0.2, -0.15) is 0 Å². The lowest BCUT2D eigenvalue weighted by Gasteiger charge is -2.22. The fraction of sp³-hybridized carbons (Fsp3) is 0.600. The standard InChI is InChI=1S/C10H17NS/c1-7-6-12-8(2)9(7)11-10(3,4)5/h6,11H,1-5H3. The average Bonchev–Trinajstić information content (AvgIpc) is 2.16. The molecule has 0 aliphatic rings. The van der Waals surface area contributed by atoms with Crippen LogP contribution < -0.4 is 5.32 Å². The Labute approximate surface area is 78.8 Å². The highest BCUT2D eigenvalue weighted by molar-refractivity contribution is 7.10. The fourth-order valence-corrected chi connectivity index (χ4v) is 1.94. The highest BCUT2D eigenvalue weighted by Crippen LogP contribution is 2.28. The summed E-state index contributed by atoms with van der Waals surface area (Å²) in [5, 5.41) is 5.71. The molecule has 0 aliphatic carbocycles. The molecule has 0 bridgehead atoms. The molecule has 0 spiro atoms. The van der Waals surface area contributed by atoms with E-state index in [0.29, 0.717) is 0 Å². The normalized spacial score (nSPS) is 11.8. The molecule has 1 aromatic rings. The monoisotopic (exact) mass is 183 g/mol. The molecule has 0 fully saturated rings. The Morgan fingerprint density at radius 2 is 1.83 bits per heavy atom. The van der Waals surface area contributed by atoms with Gasteiger partial charge in [-0.25, -0.2) is 0 Å². The Morgan fingerprint density at radius 1 is 1.25 bits per heavy atom. The van der Waals surface area contributed by atoms with Gasteiger partial charge in [-0.15, -0.1) is 11.3 Å². The molecule has 1 aromatic heterocycles. The largest absolute Gasteiger partial charge is 0.379 e. The smallest absolute Gasteiger partial charge is 0.0512 e. The van der Waals surface area contributed by atoms with Crippen LogP contribution in [0.25, 0.3) is 0 Å². The van der Waals surface area contributed by atoms with E-state index in [1.54, 1.807) is 0 Å². The van der Waals surface area contributed by atoms with Gasteiger partial charge in [-0.05, 0) is 45.6 Å². The maximum atomic E-state index is 3.51. The van der Waals surface area contributed by atoms with Crippen LogP contribution in [-0.2, 0) is 0 Å². The van der Waals surface area contributed by atoms with Crippen molar-refractivity contribution in [2.45, 2.75) is 40.2 Å². The first-order valence-electron chi connectivity index (χ1n) is 4.23. The molecule has 0 aromatic carbocycles. The molecule has 0 saturated carbocycles. The highest BCUT2D eigenvalue weighted by Gasteiger charge is 2.13. The molecule has 0 unspecified atom stereocenters. The van der Waals surface area contributed by atoms with Gasteiger partial charge in [0.25, 0.3) is 0 Å². The van der Waals surface area contributed by atoms with Crippen LogP contribution in [0.4, 0.5) is 5.69 Å². The van der Waals surface area contributed by atoms with E-state index in [9.17, 15) is 0 Å². The van der Waals surface area contributed by atoms with Gasteiger partial charge in [0.2, 0.25) is 0 Å². The van der Waals surface area contributed by atoms with E-state index in [1.807, 2.05) is 11.3 Å². The van der Waals surface area contributed by atoms with Crippen LogP contribution in [0.1, 0.15) is 31.2 Å². The molecule has 0 saturated heterocycles. The maximum absolute atomic E-state index is 3.51. The van der Waals surface area contributed by atoms with Crippen molar-refractivity contribution in [3.63, 3.8) is 0 Å². The van der Waals surface area contributed by atoms with E-state index in [0.717, 1.165) is 0 Å². The Bertz CT molecular complexity index is 248. The molecule has 12 heavy (non-hydrogen) atoms.